The number of hydrogen-bond donors (Lipinski definition) is 1. The number of carbonyl (C=O) groups excluding carboxylic acids is 2. The van der Waals surface area contributed by atoms with Crippen LogP contribution in [0.25, 0.3) is 0 Å². The molecule has 0 rings (SSSR count). The van der Waals surface area contributed by atoms with Crippen LogP contribution < -0.4 is 5.32 Å². The number of amides is 2. The lowest BCUT2D eigenvalue weighted by Crippen LogP contribution is -2.43. The van der Waals surface area contributed by atoms with Gasteiger partial charge in [-0.15, -0.1) is 6.58 Å². The van der Waals surface area contributed by atoms with Gasteiger partial charge in [-0.2, -0.15) is 0 Å². The van der Waals surface area contributed by atoms with E-state index in [1.165, 1.54) is 4.90 Å². The second-order valence-electron chi connectivity index (χ2n) is 3.21. The molecule has 0 spiro atoms. The van der Waals surface area contributed by atoms with E-state index >= 15 is 0 Å². The summed E-state index contributed by atoms with van der Waals surface area (Å²) in [4.78, 5) is 24.2. The Morgan fingerprint density at radius 1 is 1.44 bits per heavy atom. The van der Waals surface area contributed by atoms with E-state index in [9.17, 15) is 9.59 Å². The first-order valence-electron chi connectivity index (χ1n) is 5.44. The zero-order chi connectivity index (χ0) is 12.4. The average molecular weight is 228 g/mol. The van der Waals surface area contributed by atoms with Gasteiger partial charge in [0.05, 0.1) is 6.61 Å². The van der Waals surface area contributed by atoms with Crippen molar-refractivity contribution in [3.8, 4) is 0 Å². The lowest BCUT2D eigenvalue weighted by atomic mass is 10.4. The molecular formula is C11H20N2O3. The third-order valence-electron chi connectivity index (χ3n) is 1.79. The van der Waals surface area contributed by atoms with Gasteiger partial charge in [-0.05, 0) is 13.3 Å². The van der Waals surface area contributed by atoms with Crippen LogP contribution in [-0.2, 0) is 9.53 Å². The third kappa shape index (κ3) is 6.06. The molecule has 0 radical (unpaired) electrons. The highest BCUT2D eigenvalue weighted by Gasteiger charge is 2.15. The van der Waals surface area contributed by atoms with Crippen LogP contribution in [0.4, 0.5) is 4.79 Å². The maximum absolute atomic E-state index is 11.6. The predicted molar refractivity (Wildman–Crippen MR) is 62.1 cm³/mol. The number of esters is 1. The van der Waals surface area contributed by atoms with Crippen LogP contribution in [0, 0.1) is 0 Å². The van der Waals surface area contributed by atoms with E-state index in [2.05, 4.69) is 11.9 Å². The number of urea groups is 1. The maximum atomic E-state index is 11.6. The summed E-state index contributed by atoms with van der Waals surface area (Å²) in [5.74, 6) is -0.406. The Balaban J connectivity index is 4.18. The topological polar surface area (TPSA) is 58.6 Å². The summed E-state index contributed by atoms with van der Waals surface area (Å²) in [6, 6.07) is -0.269. The van der Waals surface area contributed by atoms with E-state index in [-0.39, 0.29) is 12.6 Å². The Kier molecular flexibility index (Phi) is 7.93. The number of rotatable bonds is 7. The van der Waals surface area contributed by atoms with Gasteiger partial charge >= 0.3 is 12.0 Å². The van der Waals surface area contributed by atoms with Crippen molar-refractivity contribution in [2.45, 2.75) is 20.3 Å². The Labute approximate surface area is 96.4 Å². The summed E-state index contributed by atoms with van der Waals surface area (Å²) in [6.45, 7) is 8.42. The summed E-state index contributed by atoms with van der Waals surface area (Å²) in [6.07, 6.45) is 2.43. The summed E-state index contributed by atoms with van der Waals surface area (Å²) in [5, 5.41) is 2.70. The standard InChI is InChI=1S/C11H20N2O3/c1-4-7-12-11(15)13(8-5-2)9-10(14)16-6-3/h5H,2,4,6-9H2,1,3H3,(H,12,15). The molecule has 5 nitrogen and oxygen atoms in total. The van der Waals surface area contributed by atoms with Crippen LogP contribution in [0.3, 0.4) is 0 Å². The molecule has 0 unspecified atom stereocenters. The molecule has 0 aliphatic heterocycles. The second kappa shape index (κ2) is 8.76. The SMILES string of the molecule is C=CCN(CC(=O)OCC)C(=O)NCCC. The average Bonchev–Trinajstić information content (AvgIpc) is 2.25. The second-order valence-corrected chi connectivity index (χ2v) is 3.21. The molecular weight excluding hydrogens is 208 g/mol. The summed E-state index contributed by atoms with van der Waals surface area (Å²) in [5.41, 5.74) is 0. The van der Waals surface area contributed by atoms with Crippen LogP contribution in [0.1, 0.15) is 20.3 Å². The molecule has 0 atom stereocenters. The van der Waals surface area contributed by atoms with Crippen molar-refractivity contribution in [2.24, 2.45) is 0 Å². The molecule has 0 aliphatic carbocycles. The molecule has 0 heterocycles. The van der Waals surface area contributed by atoms with Gasteiger partial charge < -0.3 is 15.0 Å². The van der Waals surface area contributed by atoms with Gasteiger partial charge in [0.1, 0.15) is 6.54 Å². The number of carbonyl (C=O) groups is 2. The number of ether oxygens (including phenoxy) is 1. The molecule has 0 aliphatic rings. The molecule has 0 fully saturated rings. The predicted octanol–water partition coefficient (Wildman–Crippen LogP) is 1.16. The number of hydrogen-bond acceptors (Lipinski definition) is 3. The monoisotopic (exact) mass is 228 g/mol. The van der Waals surface area contributed by atoms with E-state index in [4.69, 9.17) is 4.74 Å². The van der Waals surface area contributed by atoms with Crippen molar-refractivity contribution < 1.29 is 14.3 Å². The summed E-state index contributed by atoms with van der Waals surface area (Å²) in [7, 11) is 0. The van der Waals surface area contributed by atoms with Crippen LogP contribution >= 0.6 is 0 Å². The van der Waals surface area contributed by atoms with Gasteiger partial charge in [-0.25, -0.2) is 4.79 Å². The van der Waals surface area contributed by atoms with E-state index in [1.54, 1.807) is 13.0 Å². The minimum atomic E-state index is -0.406. The number of nitrogens with zero attached hydrogens (tertiary/aromatic N) is 1. The smallest absolute Gasteiger partial charge is 0.325 e. The van der Waals surface area contributed by atoms with Crippen LogP contribution in [0.15, 0.2) is 12.7 Å². The molecule has 0 aromatic heterocycles. The lowest BCUT2D eigenvalue weighted by molar-refractivity contribution is -0.143. The van der Waals surface area contributed by atoms with Crippen molar-refractivity contribution in [1.82, 2.24) is 10.2 Å². The lowest BCUT2D eigenvalue weighted by Gasteiger charge is -2.20. The molecule has 0 saturated heterocycles. The van der Waals surface area contributed by atoms with Gasteiger partial charge in [-0.3, -0.25) is 4.79 Å². The van der Waals surface area contributed by atoms with Crippen LogP contribution in [-0.4, -0.2) is 43.1 Å². The molecule has 0 saturated carbocycles. The molecule has 0 aromatic rings. The van der Waals surface area contributed by atoms with E-state index in [0.29, 0.717) is 19.7 Å². The van der Waals surface area contributed by atoms with Crippen molar-refractivity contribution in [3.63, 3.8) is 0 Å². The van der Waals surface area contributed by atoms with Gasteiger partial charge in [0.2, 0.25) is 0 Å². The van der Waals surface area contributed by atoms with Gasteiger partial charge in [0.25, 0.3) is 0 Å². The number of nitrogens with one attached hydrogen (secondary N) is 1. The highest BCUT2D eigenvalue weighted by molar-refractivity contribution is 5.81. The molecule has 16 heavy (non-hydrogen) atoms. The Hall–Kier alpha value is -1.52. The van der Waals surface area contributed by atoms with E-state index in [1.807, 2.05) is 6.92 Å². The largest absolute Gasteiger partial charge is 0.465 e. The fraction of sp³-hybridized carbons (Fsp3) is 0.636. The molecule has 1 N–H and O–H groups in total. The first-order valence-corrected chi connectivity index (χ1v) is 5.44. The molecule has 5 heteroatoms. The van der Waals surface area contributed by atoms with E-state index in [0.717, 1.165) is 6.42 Å². The Bertz CT molecular complexity index is 241. The maximum Gasteiger partial charge on any atom is 0.325 e. The van der Waals surface area contributed by atoms with Crippen molar-refractivity contribution >= 4 is 12.0 Å². The van der Waals surface area contributed by atoms with Gasteiger partial charge in [-0.1, -0.05) is 13.0 Å². The zero-order valence-electron chi connectivity index (χ0n) is 9.99. The first-order chi connectivity index (χ1) is 7.65. The minimum absolute atomic E-state index is 0.0462. The van der Waals surface area contributed by atoms with Crippen molar-refractivity contribution in [3.05, 3.63) is 12.7 Å². The minimum Gasteiger partial charge on any atom is -0.465 e. The highest BCUT2D eigenvalue weighted by atomic mass is 16.5. The van der Waals surface area contributed by atoms with Crippen molar-refractivity contribution in [2.75, 3.05) is 26.2 Å². The fourth-order valence-electron chi connectivity index (χ4n) is 1.08. The van der Waals surface area contributed by atoms with Gasteiger partial charge in [0, 0.05) is 13.1 Å². The fourth-order valence-corrected chi connectivity index (χ4v) is 1.08. The first kappa shape index (κ1) is 14.5. The van der Waals surface area contributed by atoms with Crippen LogP contribution in [0.2, 0.25) is 0 Å². The molecule has 92 valence electrons. The Morgan fingerprint density at radius 2 is 2.12 bits per heavy atom. The Morgan fingerprint density at radius 3 is 2.62 bits per heavy atom. The highest BCUT2D eigenvalue weighted by Crippen LogP contribution is 1.93. The van der Waals surface area contributed by atoms with Gasteiger partial charge in [0.15, 0.2) is 0 Å². The van der Waals surface area contributed by atoms with Crippen LogP contribution in [0.5, 0.6) is 0 Å². The molecule has 0 bridgehead atoms. The normalized spacial score (nSPS) is 9.38. The van der Waals surface area contributed by atoms with Crippen molar-refractivity contribution in [1.29, 1.82) is 0 Å². The molecule has 0 aromatic carbocycles. The zero-order valence-corrected chi connectivity index (χ0v) is 9.99. The summed E-state index contributed by atoms with van der Waals surface area (Å²) < 4.78 is 4.78. The van der Waals surface area contributed by atoms with E-state index < -0.39 is 5.97 Å². The molecule has 2 amide bonds. The third-order valence-corrected chi connectivity index (χ3v) is 1.79. The quantitative estimate of drug-likeness (QED) is 0.525. The summed E-state index contributed by atoms with van der Waals surface area (Å²) >= 11 is 0.